The molecule has 0 fully saturated rings. The van der Waals surface area contributed by atoms with E-state index in [2.05, 4.69) is 22.6 Å². The minimum Gasteiger partial charge on any atom is -0.465 e. The van der Waals surface area contributed by atoms with E-state index >= 15 is 0 Å². The molecule has 0 N–H and O–H groups in total. The highest BCUT2D eigenvalue weighted by Crippen LogP contribution is 2.35. The molecule has 7 heteroatoms. The fourth-order valence-electron chi connectivity index (χ4n) is 2.39. The molecule has 0 aliphatic carbocycles. The Labute approximate surface area is 167 Å². The van der Waals surface area contributed by atoms with Gasteiger partial charge in [-0.1, -0.05) is 30.4 Å². The van der Waals surface area contributed by atoms with Crippen LogP contribution >= 0.6 is 22.6 Å². The summed E-state index contributed by atoms with van der Waals surface area (Å²) < 4.78 is 16.0. The van der Waals surface area contributed by atoms with Gasteiger partial charge >= 0.3 is 17.9 Å². The Morgan fingerprint density at radius 1 is 1.00 bits per heavy atom. The fraction of sp³-hybridized carbons (Fsp3) is 0.421. The molecule has 0 amide bonds. The Bertz CT molecular complexity index is 650. The van der Waals surface area contributed by atoms with Crippen LogP contribution in [0.25, 0.3) is 0 Å². The summed E-state index contributed by atoms with van der Waals surface area (Å²) in [7, 11) is 0. The second-order valence-corrected chi connectivity index (χ2v) is 6.47. The molecule has 142 valence electrons. The van der Waals surface area contributed by atoms with E-state index in [0.29, 0.717) is 5.56 Å². The first-order valence-corrected chi connectivity index (χ1v) is 9.35. The first-order valence-electron chi connectivity index (χ1n) is 8.27. The predicted molar refractivity (Wildman–Crippen MR) is 104 cm³/mol. The van der Waals surface area contributed by atoms with E-state index < -0.39 is 23.3 Å². The molecule has 26 heavy (non-hydrogen) atoms. The molecule has 0 spiro atoms. The number of ether oxygens (including phenoxy) is 3. The number of carbonyl (C=O) groups is 3. The van der Waals surface area contributed by atoms with Crippen LogP contribution in [-0.2, 0) is 34.0 Å². The van der Waals surface area contributed by atoms with Gasteiger partial charge in [-0.2, -0.15) is 0 Å². The molecular formula is C19H23IO6. The number of esters is 3. The Morgan fingerprint density at radius 3 is 2.08 bits per heavy atom. The summed E-state index contributed by atoms with van der Waals surface area (Å²) in [5.74, 6) is -1.74. The Balaban J connectivity index is 3.34. The maximum atomic E-state index is 12.9. The monoisotopic (exact) mass is 474 g/mol. The lowest BCUT2D eigenvalue weighted by atomic mass is 9.77. The largest absolute Gasteiger partial charge is 0.465 e. The second-order valence-electron chi connectivity index (χ2n) is 5.30. The standard InChI is InChI=1S/C19H23IO6/c1-4-24-17(22)19(18(23)25-5-2,12-8-9-13-26-14(3)21)15-10-6-7-11-16(15)20/h6-11H,4-5,12-13H2,1-3H3. The normalized spacial score (nSPS) is 11.2. The zero-order chi connectivity index (χ0) is 19.6. The lowest BCUT2D eigenvalue weighted by molar-refractivity contribution is -0.164. The van der Waals surface area contributed by atoms with Crippen molar-refractivity contribution in [3.63, 3.8) is 0 Å². The van der Waals surface area contributed by atoms with Crippen molar-refractivity contribution in [2.45, 2.75) is 32.6 Å². The molecule has 0 saturated carbocycles. The smallest absolute Gasteiger partial charge is 0.328 e. The van der Waals surface area contributed by atoms with E-state index in [1.165, 1.54) is 6.92 Å². The van der Waals surface area contributed by atoms with E-state index in [1.54, 1.807) is 38.1 Å². The number of hydrogen-bond donors (Lipinski definition) is 0. The van der Waals surface area contributed by atoms with Crippen LogP contribution in [0.2, 0.25) is 0 Å². The maximum Gasteiger partial charge on any atom is 0.328 e. The molecule has 0 bridgehead atoms. The molecule has 0 aliphatic heterocycles. The molecule has 1 rings (SSSR count). The molecule has 0 unspecified atom stereocenters. The van der Waals surface area contributed by atoms with Crippen LogP contribution in [0.4, 0.5) is 0 Å². The number of allylic oxidation sites excluding steroid dienone is 1. The third kappa shape index (κ3) is 5.55. The summed E-state index contributed by atoms with van der Waals surface area (Å²) in [5.41, 5.74) is -1.09. The number of carbonyl (C=O) groups excluding carboxylic acids is 3. The minimum absolute atomic E-state index is 0.0337. The third-order valence-corrected chi connectivity index (χ3v) is 4.50. The van der Waals surface area contributed by atoms with Crippen molar-refractivity contribution in [3.8, 4) is 0 Å². The van der Waals surface area contributed by atoms with Crippen molar-refractivity contribution in [1.82, 2.24) is 0 Å². The van der Waals surface area contributed by atoms with Crippen molar-refractivity contribution >= 4 is 40.5 Å². The number of hydrogen-bond acceptors (Lipinski definition) is 6. The van der Waals surface area contributed by atoms with Crippen molar-refractivity contribution in [1.29, 1.82) is 0 Å². The lowest BCUT2D eigenvalue weighted by Crippen LogP contribution is -2.46. The van der Waals surface area contributed by atoms with E-state index in [0.717, 1.165) is 3.57 Å². The molecule has 0 saturated heterocycles. The van der Waals surface area contributed by atoms with Gasteiger partial charge in [0.2, 0.25) is 0 Å². The molecule has 0 atom stereocenters. The van der Waals surface area contributed by atoms with Crippen LogP contribution in [0, 0.1) is 3.57 Å². The summed E-state index contributed by atoms with van der Waals surface area (Å²) in [6.07, 6.45) is 3.25. The third-order valence-electron chi connectivity index (χ3n) is 3.55. The summed E-state index contributed by atoms with van der Waals surface area (Å²) in [6, 6.07) is 7.11. The van der Waals surface area contributed by atoms with E-state index in [-0.39, 0.29) is 26.2 Å². The number of rotatable bonds is 9. The van der Waals surface area contributed by atoms with Gasteiger partial charge in [-0.25, -0.2) is 0 Å². The summed E-state index contributed by atoms with van der Waals surface area (Å²) in [5, 5.41) is 0. The molecule has 6 nitrogen and oxygen atoms in total. The summed E-state index contributed by atoms with van der Waals surface area (Å²) in [6.45, 7) is 5.01. The van der Waals surface area contributed by atoms with Gasteiger partial charge < -0.3 is 14.2 Å². The quantitative estimate of drug-likeness (QED) is 0.180. The number of benzene rings is 1. The molecule has 0 aliphatic rings. The van der Waals surface area contributed by atoms with Crippen LogP contribution in [-0.4, -0.2) is 37.7 Å². The van der Waals surface area contributed by atoms with Gasteiger partial charge in [-0.3, -0.25) is 14.4 Å². The van der Waals surface area contributed by atoms with Crippen molar-refractivity contribution in [2.24, 2.45) is 0 Å². The van der Waals surface area contributed by atoms with E-state index in [4.69, 9.17) is 14.2 Å². The first kappa shape index (κ1) is 22.1. The summed E-state index contributed by atoms with van der Waals surface area (Å²) >= 11 is 2.08. The molecule has 1 aromatic carbocycles. The van der Waals surface area contributed by atoms with Gasteiger partial charge in [0.25, 0.3) is 0 Å². The average Bonchev–Trinajstić information content (AvgIpc) is 2.59. The second kappa shape index (κ2) is 10.9. The van der Waals surface area contributed by atoms with Crippen LogP contribution in [0.3, 0.4) is 0 Å². The van der Waals surface area contributed by atoms with Crippen LogP contribution < -0.4 is 0 Å². The van der Waals surface area contributed by atoms with Gasteiger partial charge in [0, 0.05) is 10.5 Å². The van der Waals surface area contributed by atoms with Crippen LogP contribution in [0.1, 0.15) is 32.8 Å². The highest BCUT2D eigenvalue weighted by molar-refractivity contribution is 14.1. The predicted octanol–water partition coefficient (Wildman–Crippen LogP) is 3.16. The van der Waals surface area contributed by atoms with Crippen molar-refractivity contribution in [3.05, 3.63) is 45.6 Å². The van der Waals surface area contributed by atoms with Gasteiger partial charge in [0.1, 0.15) is 6.61 Å². The molecular weight excluding hydrogens is 451 g/mol. The Hall–Kier alpha value is -1.90. The zero-order valence-corrected chi connectivity index (χ0v) is 17.3. The highest BCUT2D eigenvalue weighted by Gasteiger charge is 2.50. The van der Waals surface area contributed by atoms with E-state index in [1.807, 2.05) is 12.1 Å². The molecule has 0 heterocycles. The first-order chi connectivity index (χ1) is 12.4. The average molecular weight is 474 g/mol. The van der Waals surface area contributed by atoms with Gasteiger partial charge in [0.15, 0.2) is 5.41 Å². The molecule has 1 aromatic rings. The maximum absolute atomic E-state index is 12.9. The van der Waals surface area contributed by atoms with E-state index in [9.17, 15) is 14.4 Å². The van der Waals surface area contributed by atoms with Crippen LogP contribution in [0.5, 0.6) is 0 Å². The van der Waals surface area contributed by atoms with Crippen molar-refractivity contribution < 1.29 is 28.6 Å². The van der Waals surface area contributed by atoms with Gasteiger partial charge in [-0.15, -0.1) is 0 Å². The highest BCUT2D eigenvalue weighted by atomic mass is 127. The fourth-order valence-corrected chi connectivity index (χ4v) is 3.24. The minimum atomic E-state index is -1.61. The lowest BCUT2D eigenvalue weighted by Gasteiger charge is -2.29. The molecule has 0 aromatic heterocycles. The van der Waals surface area contributed by atoms with Crippen LogP contribution in [0.15, 0.2) is 36.4 Å². The SMILES string of the molecule is CCOC(=O)C(CC=CCOC(C)=O)(C(=O)OCC)c1ccccc1I. The molecule has 0 radical (unpaired) electrons. The summed E-state index contributed by atoms with van der Waals surface area (Å²) in [4.78, 5) is 36.6. The Morgan fingerprint density at radius 2 is 1.58 bits per heavy atom. The number of halogens is 1. The van der Waals surface area contributed by atoms with Gasteiger partial charge in [-0.05, 0) is 54.5 Å². The Kier molecular flexibility index (Phi) is 9.32. The zero-order valence-electron chi connectivity index (χ0n) is 15.1. The van der Waals surface area contributed by atoms with Crippen molar-refractivity contribution in [2.75, 3.05) is 19.8 Å². The topological polar surface area (TPSA) is 78.9 Å². The van der Waals surface area contributed by atoms with Gasteiger partial charge in [0.05, 0.1) is 13.2 Å².